The van der Waals surface area contributed by atoms with E-state index in [0.29, 0.717) is 10.1 Å². The van der Waals surface area contributed by atoms with Crippen molar-refractivity contribution >= 4 is 3.81 Å². The van der Waals surface area contributed by atoms with E-state index in [2.05, 4.69) is 154 Å². The Balaban J connectivity index is 0.00000202. The largest absolute Gasteiger partial charge is 1.00 e. The average molecular weight is 640 g/mol. The molecule has 0 heterocycles. The molecule has 2 saturated carbocycles. The first kappa shape index (κ1) is 34.0. The van der Waals surface area contributed by atoms with Crippen molar-refractivity contribution in [2.24, 2.45) is 43.8 Å². The normalized spacial score (nSPS) is 46.7. The zero-order valence-corrected chi connectivity index (χ0v) is 30.7. The molecule has 0 bridgehead atoms. The van der Waals surface area contributed by atoms with Crippen molar-refractivity contribution in [1.29, 1.82) is 0 Å². The van der Waals surface area contributed by atoms with Crippen LogP contribution in [0.4, 0.5) is 0 Å². The maximum Gasteiger partial charge on any atom is -1.00 e. The molecule has 226 valence electrons. The molecule has 42 heavy (non-hydrogen) atoms. The Morgan fingerprint density at radius 2 is 1.24 bits per heavy atom. The molecule has 0 aliphatic heterocycles. The maximum absolute atomic E-state index is 2.81. The number of rotatable bonds is 4. The van der Waals surface area contributed by atoms with Crippen LogP contribution in [0, 0.1) is 43.8 Å². The van der Waals surface area contributed by atoms with Crippen molar-refractivity contribution in [2.45, 2.75) is 92.7 Å². The molecular weight excluding hydrogens is 587 g/mol. The van der Waals surface area contributed by atoms with Crippen molar-refractivity contribution in [3.05, 3.63) is 94.5 Å². The van der Waals surface area contributed by atoms with Gasteiger partial charge in [-0.2, -0.15) is 0 Å². The van der Waals surface area contributed by atoms with E-state index in [-0.39, 0.29) is 62.7 Å². The molecule has 0 aromatic rings. The Kier molecular flexibility index (Phi) is 8.55. The summed E-state index contributed by atoms with van der Waals surface area (Å²) in [6.45, 7) is 26.2. The van der Waals surface area contributed by atoms with Crippen LogP contribution < -0.4 is 24.8 Å². The molecule has 6 rings (SSSR count). The molecule has 9 atom stereocenters. The molecule has 6 aliphatic carbocycles. The standard InChI is InChI=1S/C29H37.C5H5.C5H10.2ClH.Ti/c1-21-14-13-15-22-20-27(6)25(4)18-10-9-16-23(25,2)24(3)17-11-12-19-26(24,5)29(27,8)28(21,22)7;1-2-4-5-3-1;1-3-5-4-2;;;/h9-20,22H,1-8H3;1-3H,4H2;3-4H2,1-2H3;2*1H;/q;;;;;+2/p-2. The van der Waals surface area contributed by atoms with Gasteiger partial charge in [-0.05, 0) is 0 Å². The molecular formula is C39H52Cl2Ti. The first-order chi connectivity index (χ1) is 18.8. The molecule has 6 aliphatic rings. The summed E-state index contributed by atoms with van der Waals surface area (Å²) in [5, 5.41) is 0. The second kappa shape index (κ2) is 10.6. The van der Waals surface area contributed by atoms with Crippen LogP contribution >= 0.6 is 0 Å². The fourth-order valence-electron chi connectivity index (χ4n) is 12.2. The minimum absolute atomic E-state index is 0. The van der Waals surface area contributed by atoms with E-state index in [1.807, 2.05) is 7.69 Å². The van der Waals surface area contributed by atoms with E-state index in [1.165, 1.54) is 19.3 Å². The fourth-order valence-corrected chi connectivity index (χ4v) is 19.4. The SMILES string of the molecule is CC[C](CC)=[Ti+2]([C]1=CC=CC1)[CH]1C2C=CC=C(C)C2(C)C2(C)C3(C)C=CC=CC3(C)C3(C)C=CC=CC3(C)C12C.[Cl-].[Cl-]. The van der Waals surface area contributed by atoms with Gasteiger partial charge in [0.15, 0.2) is 0 Å². The van der Waals surface area contributed by atoms with Crippen LogP contribution in [0.5, 0.6) is 0 Å². The van der Waals surface area contributed by atoms with Crippen LogP contribution in [0.1, 0.15) is 88.5 Å². The van der Waals surface area contributed by atoms with Gasteiger partial charge in [-0.3, -0.25) is 0 Å². The quantitative estimate of drug-likeness (QED) is 0.392. The number of hydrogen-bond acceptors (Lipinski definition) is 0. The van der Waals surface area contributed by atoms with E-state index >= 15 is 0 Å². The van der Waals surface area contributed by atoms with Gasteiger partial charge in [0.1, 0.15) is 0 Å². The van der Waals surface area contributed by atoms with Crippen molar-refractivity contribution in [3.8, 4) is 0 Å². The van der Waals surface area contributed by atoms with Crippen LogP contribution in [0.2, 0.25) is 4.22 Å². The molecule has 0 N–H and O–H groups in total. The van der Waals surface area contributed by atoms with Crippen molar-refractivity contribution < 1.29 is 42.2 Å². The first-order valence-corrected chi connectivity index (χ1v) is 18.4. The van der Waals surface area contributed by atoms with Gasteiger partial charge in [0, 0.05) is 0 Å². The third-order valence-corrected chi connectivity index (χ3v) is 21.6. The Morgan fingerprint density at radius 3 is 1.76 bits per heavy atom. The van der Waals surface area contributed by atoms with Gasteiger partial charge in [0.05, 0.1) is 0 Å². The fraction of sp³-hybridized carbons (Fsp3) is 0.564. The molecule has 0 radical (unpaired) electrons. The van der Waals surface area contributed by atoms with Crippen LogP contribution in [-0.4, -0.2) is 3.81 Å². The molecule has 2 fully saturated rings. The average Bonchev–Trinajstić information content (AvgIpc) is 3.52. The summed E-state index contributed by atoms with van der Waals surface area (Å²) in [7, 11) is 0. The second-order valence-corrected chi connectivity index (χ2v) is 19.4. The number of hydrogen-bond donors (Lipinski definition) is 0. The van der Waals surface area contributed by atoms with E-state index in [0.717, 1.165) is 0 Å². The van der Waals surface area contributed by atoms with Gasteiger partial charge in [0.25, 0.3) is 0 Å². The maximum atomic E-state index is 2.81. The van der Waals surface area contributed by atoms with Gasteiger partial charge < -0.3 is 24.8 Å². The van der Waals surface area contributed by atoms with Gasteiger partial charge in [-0.25, -0.2) is 0 Å². The first-order valence-electron chi connectivity index (χ1n) is 16.0. The zero-order chi connectivity index (χ0) is 29.0. The van der Waals surface area contributed by atoms with E-state index in [1.54, 1.807) is 5.57 Å². The zero-order valence-electron chi connectivity index (χ0n) is 27.6. The number of allylic oxidation sites excluding steroid dienone is 16. The Bertz CT molecular complexity index is 1430. The molecule has 0 saturated heterocycles. The summed E-state index contributed by atoms with van der Waals surface area (Å²) in [6, 6.07) is 0. The van der Waals surface area contributed by atoms with Gasteiger partial charge in [-0.1, -0.05) is 0 Å². The van der Waals surface area contributed by atoms with Crippen LogP contribution in [0.15, 0.2) is 94.5 Å². The van der Waals surface area contributed by atoms with Crippen molar-refractivity contribution in [1.82, 2.24) is 0 Å². The van der Waals surface area contributed by atoms with E-state index in [9.17, 15) is 0 Å². The monoisotopic (exact) mass is 638 g/mol. The summed E-state index contributed by atoms with van der Waals surface area (Å²) >= 11 is -1.93. The third kappa shape index (κ3) is 3.30. The molecule has 0 aromatic carbocycles. The number of fused-ring (bicyclic) bond motifs is 8. The molecule has 0 amide bonds. The van der Waals surface area contributed by atoms with Crippen molar-refractivity contribution in [2.75, 3.05) is 0 Å². The molecule has 3 heteroatoms. The molecule has 9 unspecified atom stereocenters. The van der Waals surface area contributed by atoms with Gasteiger partial charge in [0.2, 0.25) is 0 Å². The van der Waals surface area contributed by atoms with E-state index < -0.39 is 17.4 Å². The smallest absolute Gasteiger partial charge is 1.00 e. The molecule has 0 aromatic heterocycles. The van der Waals surface area contributed by atoms with Crippen LogP contribution in [0.3, 0.4) is 0 Å². The summed E-state index contributed by atoms with van der Waals surface area (Å²) in [6.07, 6.45) is 38.7. The van der Waals surface area contributed by atoms with Crippen molar-refractivity contribution in [3.63, 3.8) is 0 Å². The predicted molar refractivity (Wildman–Crippen MR) is 171 cm³/mol. The second-order valence-electron chi connectivity index (χ2n) is 15.1. The Hall–Kier alpha value is -0.916. The summed E-state index contributed by atoms with van der Waals surface area (Å²) in [5.74, 6) is 0.538. The Labute approximate surface area is 275 Å². The van der Waals surface area contributed by atoms with Gasteiger partial charge >= 0.3 is 252 Å². The summed E-state index contributed by atoms with van der Waals surface area (Å²) in [5.41, 5.74) is 1.65. The van der Waals surface area contributed by atoms with E-state index in [4.69, 9.17) is 0 Å². The molecule has 0 spiro atoms. The summed E-state index contributed by atoms with van der Waals surface area (Å²) in [4.78, 5) is 0. The predicted octanol–water partition coefficient (Wildman–Crippen LogP) is 4.69. The van der Waals surface area contributed by atoms with Crippen LogP contribution in [-0.2, 0) is 17.4 Å². The van der Waals surface area contributed by atoms with Crippen LogP contribution in [0.25, 0.3) is 0 Å². The summed E-state index contributed by atoms with van der Waals surface area (Å²) < 4.78 is 4.38. The third-order valence-electron chi connectivity index (χ3n) is 15.2. The van der Waals surface area contributed by atoms with Gasteiger partial charge in [-0.15, -0.1) is 0 Å². The minimum Gasteiger partial charge on any atom is -1.00 e. The Morgan fingerprint density at radius 1 is 0.714 bits per heavy atom. The number of halogens is 2. The molecule has 0 nitrogen and oxygen atoms in total. The minimum atomic E-state index is -1.93. The topological polar surface area (TPSA) is 0 Å².